The predicted octanol–water partition coefficient (Wildman–Crippen LogP) is 0.0153. The van der Waals surface area contributed by atoms with E-state index in [0.29, 0.717) is 0 Å². The number of hydrogen-bond donors (Lipinski definition) is 3. The van der Waals surface area contributed by atoms with Crippen LogP contribution < -0.4 is 16.0 Å². The van der Waals surface area contributed by atoms with Gasteiger partial charge in [-0.05, 0) is 34.6 Å². The SMILES string of the molecule is CC(C)NC(=O)CNCC(=O)NC(C)(C)C. The van der Waals surface area contributed by atoms with Gasteiger partial charge in [-0.3, -0.25) is 14.9 Å². The molecule has 5 heteroatoms. The quantitative estimate of drug-likeness (QED) is 0.622. The summed E-state index contributed by atoms with van der Waals surface area (Å²) in [6.45, 7) is 9.84. The number of hydrogen-bond acceptors (Lipinski definition) is 3. The molecule has 0 fully saturated rings. The van der Waals surface area contributed by atoms with Gasteiger partial charge in [0.2, 0.25) is 11.8 Å². The van der Waals surface area contributed by atoms with Gasteiger partial charge < -0.3 is 10.6 Å². The summed E-state index contributed by atoms with van der Waals surface area (Å²) in [5.74, 6) is -0.205. The second-order valence-corrected chi connectivity index (χ2v) is 5.12. The van der Waals surface area contributed by atoms with Crippen molar-refractivity contribution in [2.24, 2.45) is 0 Å². The van der Waals surface area contributed by atoms with Crippen LogP contribution in [0.25, 0.3) is 0 Å². The summed E-state index contributed by atoms with van der Waals surface area (Å²) in [5, 5.41) is 8.32. The van der Waals surface area contributed by atoms with Gasteiger partial charge in [0.1, 0.15) is 0 Å². The topological polar surface area (TPSA) is 70.2 Å². The van der Waals surface area contributed by atoms with Crippen molar-refractivity contribution in [2.75, 3.05) is 13.1 Å². The lowest BCUT2D eigenvalue weighted by Gasteiger charge is -2.20. The van der Waals surface area contributed by atoms with Crippen LogP contribution in [0.4, 0.5) is 0 Å². The molecule has 0 aliphatic rings. The van der Waals surface area contributed by atoms with E-state index in [1.807, 2.05) is 34.6 Å². The molecular formula is C11H23N3O2. The molecule has 0 saturated carbocycles. The number of nitrogens with one attached hydrogen (secondary N) is 3. The second-order valence-electron chi connectivity index (χ2n) is 5.12. The van der Waals surface area contributed by atoms with E-state index in [2.05, 4.69) is 16.0 Å². The lowest BCUT2D eigenvalue weighted by atomic mass is 10.1. The highest BCUT2D eigenvalue weighted by Crippen LogP contribution is 1.96. The Morgan fingerprint density at radius 2 is 1.56 bits per heavy atom. The largest absolute Gasteiger partial charge is 0.353 e. The molecule has 0 aromatic heterocycles. The van der Waals surface area contributed by atoms with Crippen LogP contribution in [-0.2, 0) is 9.59 Å². The smallest absolute Gasteiger partial charge is 0.234 e. The number of amides is 2. The fourth-order valence-corrected chi connectivity index (χ4v) is 1.13. The molecule has 0 radical (unpaired) electrons. The summed E-state index contributed by atoms with van der Waals surface area (Å²) in [7, 11) is 0. The van der Waals surface area contributed by atoms with Crippen LogP contribution >= 0.6 is 0 Å². The van der Waals surface area contributed by atoms with Crippen LogP contribution in [0, 0.1) is 0 Å². The molecule has 0 aliphatic heterocycles. The summed E-state index contributed by atoms with van der Waals surface area (Å²) in [6, 6.07) is 0.123. The highest BCUT2D eigenvalue weighted by molar-refractivity contribution is 5.81. The average molecular weight is 229 g/mol. The fourth-order valence-electron chi connectivity index (χ4n) is 1.13. The molecule has 0 bridgehead atoms. The zero-order valence-electron chi connectivity index (χ0n) is 10.8. The monoisotopic (exact) mass is 229 g/mol. The minimum Gasteiger partial charge on any atom is -0.353 e. The van der Waals surface area contributed by atoms with Crippen molar-refractivity contribution in [3.05, 3.63) is 0 Å². The molecule has 0 heterocycles. The van der Waals surface area contributed by atoms with Crippen LogP contribution in [0.3, 0.4) is 0 Å². The maximum Gasteiger partial charge on any atom is 0.234 e. The van der Waals surface area contributed by atoms with E-state index in [4.69, 9.17) is 0 Å². The summed E-state index contributed by atoms with van der Waals surface area (Å²) in [5.41, 5.74) is -0.237. The van der Waals surface area contributed by atoms with E-state index in [1.165, 1.54) is 0 Å². The van der Waals surface area contributed by atoms with Gasteiger partial charge >= 0.3 is 0 Å². The molecule has 5 nitrogen and oxygen atoms in total. The summed E-state index contributed by atoms with van der Waals surface area (Å²) in [4.78, 5) is 22.6. The van der Waals surface area contributed by atoms with Crippen LogP contribution in [0.15, 0.2) is 0 Å². The molecule has 0 unspecified atom stereocenters. The minimum absolute atomic E-state index is 0.0986. The molecule has 94 valence electrons. The van der Waals surface area contributed by atoms with Gasteiger partial charge in [-0.15, -0.1) is 0 Å². The van der Waals surface area contributed by atoms with Crippen LogP contribution in [-0.4, -0.2) is 36.5 Å². The lowest BCUT2D eigenvalue weighted by Crippen LogP contribution is -2.46. The van der Waals surface area contributed by atoms with Gasteiger partial charge in [-0.1, -0.05) is 0 Å². The van der Waals surface area contributed by atoms with E-state index < -0.39 is 0 Å². The van der Waals surface area contributed by atoms with E-state index in [1.54, 1.807) is 0 Å². The molecule has 0 atom stereocenters. The molecule has 0 spiro atoms. The van der Waals surface area contributed by atoms with Crippen molar-refractivity contribution >= 4 is 11.8 Å². The molecule has 0 aromatic rings. The van der Waals surface area contributed by atoms with Crippen molar-refractivity contribution in [1.29, 1.82) is 0 Å². The van der Waals surface area contributed by atoms with E-state index in [-0.39, 0.29) is 36.5 Å². The molecule has 0 aliphatic carbocycles. The Morgan fingerprint density at radius 1 is 1.06 bits per heavy atom. The normalized spacial score (nSPS) is 11.4. The Labute approximate surface area is 97.4 Å². The Bertz CT molecular complexity index is 244. The number of carbonyl (C=O) groups is 2. The van der Waals surface area contributed by atoms with Crippen LogP contribution in [0.5, 0.6) is 0 Å². The van der Waals surface area contributed by atoms with Crippen molar-refractivity contribution in [2.45, 2.75) is 46.2 Å². The maximum atomic E-state index is 11.4. The summed E-state index contributed by atoms with van der Waals surface area (Å²) < 4.78 is 0. The second kappa shape index (κ2) is 6.48. The molecule has 0 aromatic carbocycles. The zero-order valence-corrected chi connectivity index (χ0v) is 10.8. The third kappa shape index (κ3) is 9.45. The highest BCUT2D eigenvalue weighted by atomic mass is 16.2. The molecular weight excluding hydrogens is 206 g/mol. The van der Waals surface area contributed by atoms with Gasteiger partial charge in [0.15, 0.2) is 0 Å². The molecule has 2 amide bonds. The third-order valence-corrected chi connectivity index (χ3v) is 1.54. The van der Waals surface area contributed by atoms with Crippen molar-refractivity contribution in [3.63, 3.8) is 0 Å². The first kappa shape index (κ1) is 14.9. The Hall–Kier alpha value is -1.10. The predicted molar refractivity (Wildman–Crippen MR) is 64.0 cm³/mol. The fraction of sp³-hybridized carbons (Fsp3) is 0.818. The first-order chi connectivity index (χ1) is 7.20. The van der Waals surface area contributed by atoms with Gasteiger partial charge in [-0.2, -0.15) is 0 Å². The van der Waals surface area contributed by atoms with Crippen LogP contribution in [0.2, 0.25) is 0 Å². The molecule has 0 saturated heterocycles. The molecule has 3 N–H and O–H groups in total. The highest BCUT2D eigenvalue weighted by Gasteiger charge is 2.13. The minimum atomic E-state index is -0.237. The number of carbonyl (C=O) groups excluding carboxylic acids is 2. The molecule has 0 rings (SSSR count). The zero-order chi connectivity index (χ0) is 12.8. The van der Waals surface area contributed by atoms with Crippen LogP contribution in [0.1, 0.15) is 34.6 Å². The maximum absolute atomic E-state index is 11.4. The van der Waals surface area contributed by atoms with E-state index in [9.17, 15) is 9.59 Å². The summed E-state index contributed by atoms with van der Waals surface area (Å²) in [6.07, 6.45) is 0. The Balaban J connectivity index is 3.66. The molecule has 16 heavy (non-hydrogen) atoms. The van der Waals surface area contributed by atoms with Gasteiger partial charge in [-0.25, -0.2) is 0 Å². The Morgan fingerprint density at radius 3 is 2.00 bits per heavy atom. The first-order valence-corrected chi connectivity index (χ1v) is 5.52. The average Bonchev–Trinajstić information content (AvgIpc) is 1.98. The summed E-state index contributed by atoms with van der Waals surface area (Å²) >= 11 is 0. The van der Waals surface area contributed by atoms with Gasteiger partial charge in [0, 0.05) is 11.6 Å². The van der Waals surface area contributed by atoms with Gasteiger partial charge in [0.25, 0.3) is 0 Å². The van der Waals surface area contributed by atoms with Crippen molar-refractivity contribution < 1.29 is 9.59 Å². The third-order valence-electron chi connectivity index (χ3n) is 1.54. The lowest BCUT2D eigenvalue weighted by molar-refractivity contribution is -0.122. The van der Waals surface area contributed by atoms with E-state index in [0.717, 1.165) is 0 Å². The van der Waals surface area contributed by atoms with E-state index >= 15 is 0 Å². The van der Waals surface area contributed by atoms with Gasteiger partial charge in [0.05, 0.1) is 13.1 Å². The first-order valence-electron chi connectivity index (χ1n) is 5.52. The van der Waals surface area contributed by atoms with Crippen molar-refractivity contribution in [3.8, 4) is 0 Å². The standard InChI is InChI=1S/C11H23N3O2/c1-8(2)13-9(15)6-12-7-10(16)14-11(3,4)5/h8,12H,6-7H2,1-5H3,(H,13,15)(H,14,16). The Kier molecular flexibility index (Phi) is 6.03. The number of rotatable bonds is 5. The van der Waals surface area contributed by atoms with Crippen molar-refractivity contribution in [1.82, 2.24) is 16.0 Å².